The van der Waals surface area contributed by atoms with Crippen LogP contribution in [-0.2, 0) is 0 Å². The second-order valence-electron chi connectivity index (χ2n) is 2.19. The van der Waals surface area contributed by atoms with E-state index in [4.69, 9.17) is 0 Å². The second-order valence-corrected chi connectivity index (χ2v) is 3.34. The molecule has 0 bridgehead atoms. The lowest BCUT2D eigenvalue weighted by Gasteiger charge is -2.20. The molecule has 1 N–H and O–H groups in total. The zero-order chi connectivity index (χ0) is 6.10. The SMILES string of the molecule is C1=CC2NC=NCC2S1. The molecule has 48 valence electrons. The highest BCUT2D eigenvalue weighted by Crippen LogP contribution is 2.25. The van der Waals surface area contributed by atoms with E-state index in [2.05, 4.69) is 21.8 Å². The highest BCUT2D eigenvalue weighted by atomic mass is 32.2. The molecular weight excluding hydrogens is 132 g/mol. The number of aliphatic imine (C=N–C) groups is 1. The first-order valence-corrected chi connectivity index (χ1v) is 3.97. The monoisotopic (exact) mass is 140 g/mol. The predicted molar refractivity (Wildman–Crippen MR) is 40.8 cm³/mol. The fourth-order valence-electron chi connectivity index (χ4n) is 1.05. The molecule has 2 unspecified atom stereocenters. The van der Waals surface area contributed by atoms with Crippen molar-refractivity contribution in [2.75, 3.05) is 6.54 Å². The fourth-order valence-corrected chi connectivity index (χ4v) is 2.03. The zero-order valence-corrected chi connectivity index (χ0v) is 5.77. The number of rotatable bonds is 0. The molecule has 0 aromatic rings. The van der Waals surface area contributed by atoms with Gasteiger partial charge in [0.15, 0.2) is 0 Å². The van der Waals surface area contributed by atoms with Gasteiger partial charge in [0, 0.05) is 0 Å². The summed E-state index contributed by atoms with van der Waals surface area (Å²) in [5, 5.41) is 5.99. The minimum absolute atomic E-state index is 0.549. The Morgan fingerprint density at radius 1 is 1.67 bits per heavy atom. The predicted octanol–water partition coefficient (Wildman–Crippen LogP) is 0.616. The molecular formula is C6H8N2S. The van der Waals surface area contributed by atoms with E-state index in [1.165, 1.54) is 0 Å². The standard InChI is InChI=1S/C6H8N2S/c1-2-9-6-3-7-4-8-5(1)6/h1-2,4-6H,3H2,(H,7,8). The smallest absolute Gasteiger partial charge is 0.0829 e. The summed E-state index contributed by atoms with van der Waals surface area (Å²) in [5.41, 5.74) is 0. The number of nitrogens with zero attached hydrogens (tertiary/aromatic N) is 1. The summed E-state index contributed by atoms with van der Waals surface area (Å²) in [6.45, 7) is 0.968. The lowest BCUT2D eigenvalue weighted by atomic mass is 10.2. The molecule has 0 fully saturated rings. The van der Waals surface area contributed by atoms with Crippen molar-refractivity contribution in [3.8, 4) is 0 Å². The van der Waals surface area contributed by atoms with Crippen LogP contribution in [-0.4, -0.2) is 24.2 Å². The molecule has 0 aliphatic carbocycles. The molecule has 9 heavy (non-hydrogen) atoms. The number of thioether (sulfide) groups is 1. The first-order valence-electron chi connectivity index (χ1n) is 3.03. The van der Waals surface area contributed by atoms with Gasteiger partial charge in [-0.2, -0.15) is 0 Å². The van der Waals surface area contributed by atoms with Gasteiger partial charge in [0.1, 0.15) is 0 Å². The Kier molecular flexibility index (Phi) is 1.23. The maximum absolute atomic E-state index is 4.12. The summed E-state index contributed by atoms with van der Waals surface area (Å²) in [7, 11) is 0. The lowest BCUT2D eigenvalue weighted by molar-refractivity contribution is 0.672. The molecule has 0 aromatic carbocycles. The number of fused-ring (bicyclic) bond motifs is 1. The highest BCUT2D eigenvalue weighted by Gasteiger charge is 2.23. The Hall–Kier alpha value is -0.440. The van der Waals surface area contributed by atoms with E-state index in [-0.39, 0.29) is 0 Å². The molecule has 0 radical (unpaired) electrons. The van der Waals surface area contributed by atoms with Crippen LogP contribution in [0.1, 0.15) is 0 Å². The van der Waals surface area contributed by atoms with Crippen LogP contribution in [0.4, 0.5) is 0 Å². The molecule has 0 amide bonds. The highest BCUT2D eigenvalue weighted by molar-refractivity contribution is 8.03. The van der Waals surface area contributed by atoms with Crippen molar-refractivity contribution in [1.29, 1.82) is 0 Å². The van der Waals surface area contributed by atoms with E-state index in [1.54, 1.807) is 6.34 Å². The second kappa shape index (κ2) is 2.06. The quantitative estimate of drug-likeness (QED) is 0.533. The molecule has 2 aliphatic heterocycles. The van der Waals surface area contributed by atoms with E-state index in [0.29, 0.717) is 11.3 Å². The third kappa shape index (κ3) is 0.852. The van der Waals surface area contributed by atoms with Crippen molar-refractivity contribution in [3.63, 3.8) is 0 Å². The summed E-state index contributed by atoms with van der Waals surface area (Å²) in [6, 6.07) is 0.549. The van der Waals surface area contributed by atoms with E-state index in [1.807, 2.05) is 11.8 Å². The van der Waals surface area contributed by atoms with E-state index < -0.39 is 0 Å². The summed E-state index contributed by atoms with van der Waals surface area (Å²) in [6.07, 6.45) is 4.00. The molecule has 2 nitrogen and oxygen atoms in total. The summed E-state index contributed by atoms with van der Waals surface area (Å²) >= 11 is 1.87. The summed E-state index contributed by atoms with van der Waals surface area (Å²) < 4.78 is 0. The lowest BCUT2D eigenvalue weighted by Crippen LogP contribution is -2.38. The van der Waals surface area contributed by atoms with Crippen LogP contribution in [0.15, 0.2) is 16.5 Å². The average Bonchev–Trinajstić information content (AvgIpc) is 2.33. The van der Waals surface area contributed by atoms with Gasteiger partial charge in [-0.15, -0.1) is 11.8 Å². The molecule has 2 aliphatic rings. The maximum atomic E-state index is 4.12. The van der Waals surface area contributed by atoms with E-state index in [0.717, 1.165) is 6.54 Å². The van der Waals surface area contributed by atoms with Gasteiger partial charge >= 0.3 is 0 Å². The fraction of sp³-hybridized carbons (Fsp3) is 0.500. The normalized spacial score (nSPS) is 38.2. The van der Waals surface area contributed by atoms with Gasteiger partial charge in [0.05, 0.1) is 24.2 Å². The van der Waals surface area contributed by atoms with Crippen LogP contribution in [0, 0.1) is 0 Å². The first kappa shape index (κ1) is 5.35. The molecule has 0 aromatic heterocycles. The van der Waals surface area contributed by atoms with Crippen LogP contribution in [0.25, 0.3) is 0 Å². The molecule has 2 rings (SSSR count). The molecule has 3 heteroatoms. The van der Waals surface area contributed by atoms with Crippen LogP contribution in [0.5, 0.6) is 0 Å². The molecule has 0 saturated carbocycles. The number of nitrogens with one attached hydrogen (secondary N) is 1. The van der Waals surface area contributed by atoms with Gasteiger partial charge < -0.3 is 5.32 Å². The van der Waals surface area contributed by atoms with Crippen molar-refractivity contribution in [1.82, 2.24) is 5.32 Å². The van der Waals surface area contributed by atoms with Crippen LogP contribution >= 0.6 is 11.8 Å². The Bertz CT molecular complexity index is 164. The average molecular weight is 140 g/mol. The largest absolute Gasteiger partial charge is 0.369 e. The summed E-state index contributed by atoms with van der Waals surface area (Å²) in [4.78, 5) is 4.12. The van der Waals surface area contributed by atoms with Gasteiger partial charge in [-0.05, 0) is 5.41 Å². The van der Waals surface area contributed by atoms with E-state index in [9.17, 15) is 0 Å². The zero-order valence-electron chi connectivity index (χ0n) is 4.95. The topological polar surface area (TPSA) is 24.4 Å². The van der Waals surface area contributed by atoms with Crippen molar-refractivity contribution in [3.05, 3.63) is 11.5 Å². The third-order valence-corrected chi connectivity index (χ3v) is 2.69. The number of hydrogen-bond acceptors (Lipinski definition) is 3. The Morgan fingerprint density at radius 3 is 3.56 bits per heavy atom. The Morgan fingerprint density at radius 2 is 2.67 bits per heavy atom. The molecule has 2 atom stereocenters. The van der Waals surface area contributed by atoms with Gasteiger partial charge in [0.2, 0.25) is 0 Å². The Balaban J connectivity index is 2.13. The number of hydrogen-bond donors (Lipinski definition) is 1. The van der Waals surface area contributed by atoms with Gasteiger partial charge in [-0.1, -0.05) is 6.08 Å². The van der Waals surface area contributed by atoms with Crippen LogP contribution < -0.4 is 5.32 Å². The molecule has 2 heterocycles. The van der Waals surface area contributed by atoms with Crippen LogP contribution in [0.2, 0.25) is 0 Å². The first-order chi connectivity index (χ1) is 4.47. The molecule has 0 saturated heterocycles. The van der Waals surface area contributed by atoms with E-state index >= 15 is 0 Å². The minimum Gasteiger partial charge on any atom is -0.369 e. The minimum atomic E-state index is 0.549. The van der Waals surface area contributed by atoms with Crippen molar-refractivity contribution in [2.45, 2.75) is 11.3 Å². The Labute approximate surface area is 58.4 Å². The van der Waals surface area contributed by atoms with Gasteiger partial charge in [-0.3, -0.25) is 4.99 Å². The molecule has 0 spiro atoms. The van der Waals surface area contributed by atoms with Crippen LogP contribution in [0.3, 0.4) is 0 Å². The maximum Gasteiger partial charge on any atom is 0.0829 e. The van der Waals surface area contributed by atoms with Crippen molar-refractivity contribution in [2.24, 2.45) is 4.99 Å². The van der Waals surface area contributed by atoms with Gasteiger partial charge in [-0.25, -0.2) is 0 Å². The van der Waals surface area contributed by atoms with Crippen molar-refractivity contribution < 1.29 is 0 Å². The summed E-state index contributed by atoms with van der Waals surface area (Å²) in [5.74, 6) is 0. The van der Waals surface area contributed by atoms with Crippen molar-refractivity contribution >= 4 is 18.1 Å². The van der Waals surface area contributed by atoms with Gasteiger partial charge in [0.25, 0.3) is 0 Å². The third-order valence-electron chi connectivity index (χ3n) is 1.58.